The molecular weight excluding hydrogens is 286 g/mol. The summed E-state index contributed by atoms with van der Waals surface area (Å²) < 4.78 is 0. The molecule has 0 saturated heterocycles. The number of benzene rings is 2. The molecule has 5 heteroatoms. The highest BCUT2D eigenvalue weighted by atomic mass is 35.5. The Labute approximate surface area is 129 Å². The molecule has 2 N–H and O–H groups in total. The number of hydrogen-bond donors (Lipinski definition) is 2. The second kappa shape index (κ2) is 6.50. The highest BCUT2D eigenvalue weighted by Crippen LogP contribution is 2.23. The second-order valence-electron chi connectivity index (χ2n) is 4.93. The first-order valence-electron chi connectivity index (χ1n) is 6.58. The quantitative estimate of drug-likeness (QED) is 0.885. The van der Waals surface area contributed by atoms with Crippen molar-refractivity contribution in [2.24, 2.45) is 0 Å². The van der Waals surface area contributed by atoms with Crippen molar-refractivity contribution in [3.05, 3.63) is 53.1 Å². The average Bonchev–Trinajstić information content (AvgIpc) is 2.44. The summed E-state index contributed by atoms with van der Waals surface area (Å²) in [6, 6.07) is 12.7. The molecule has 0 spiro atoms. The zero-order chi connectivity index (χ0) is 15.4. The van der Waals surface area contributed by atoms with Crippen molar-refractivity contribution in [2.75, 3.05) is 29.6 Å². The van der Waals surface area contributed by atoms with Crippen LogP contribution in [0.25, 0.3) is 0 Å². The summed E-state index contributed by atoms with van der Waals surface area (Å²) >= 11 is 6.03. The summed E-state index contributed by atoms with van der Waals surface area (Å²) in [5.41, 5.74) is 3.35. The van der Waals surface area contributed by atoms with Gasteiger partial charge in [-0.05, 0) is 48.9 Å². The van der Waals surface area contributed by atoms with E-state index in [-0.39, 0.29) is 6.03 Å². The third kappa shape index (κ3) is 3.89. The lowest BCUT2D eigenvalue weighted by atomic mass is 10.2. The predicted molar refractivity (Wildman–Crippen MR) is 89.6 cm³/mol. The van der Waals surface area contributed by atoms with E-state index in [1.54, 1.807) is 12.1 Å². The summed E-state index contributed by atoms with van der Waals surface area (Å²) in [6.07, 6.45) is 0. The number of nitrogens with one attached hydrogen (secondary N) is 2. The van der Waals surface area contributed by atoms with Gasteiger partial charge in [-0.3, -0.25) is 0 Å². The Morgan fingerprint density at radius 3 is 2.33 bits per heavy atom. The molecule has 2 rings (SSSR count). The molecule has 21 heavy (non-hydrogen) atoms. The molecule has 0 radical (unpaired) electrons. The number of halogens is 1. The predicted octanol–water partition coefficient (Wildman–Crippen LogP) is 4.36. The van der Waals surface area contributed by atoms with Crippen LogP contribution in [0.3, 0.4) is 0 Å². The van der Waals surface area contributed by atoms with Crippen molar-refractivity contribution < 1.29 is 4.79 Å². The van der Waals surface area contributed by atoms with Gasteiger partial charge < -0.3 is 15.5 Å². The Bertz CT molecular complexity index is 638. The average molecular weight is 304 g/mol. The van der Waals surface area contributed by atoms with Crippen molar-refractivity contribution in [2.45, 2.75) is 6.92 Å². The summed E-state index contributed by atoms with van der Waals surface area (Å²) in [6.45, 7) is 1.86. The van der Waals surface area contributed by atoms with E-state index in [0.29, 0.717) is 10.7 Å². The number of rotatable bonds is 3. The lowest BCUT2D eigenvalue weighted by Gasteiger charge is -2.14. The fraction of sp³-hybridized carbons (Fsp3) is 0.188. The van der Waals surface area contributed by atoms with Crippen LogP contribution in [0.4, 0.5) is 21.9 Å². The summed E-state index contributed by atoms with van der Waals surface area (Å²) in [5.74, 6) is 0. The van der Waals surface area contributed by atoms with Crippen molar-refractivity contribution in [3.8, 4) is 0 Å². The van der Waals surface area contributed by atoms with Crippen LogP contribution in [0.15, 0.2) is 42.5 Å². The highest BCUT2D eigenvalue weighted by molar-refractivity contribution is 6.31. The van der Waals surface area contributed by atoms with Gasteiger partial charge in [0, 0.05) is 36.2 Å². The van der Waals surface area contributed by atoms with Crippen LogP contribution in [-0.4, -0.2) is 20.1 Å². The Morgan fingerprint density at radius 1 is 1.05 bits per heavy atom. The van der Waals surface area contributed by atoms with Crippen molar-refractivity contribution in [3.63, 3.8) is 0 Å². The van der Waals surface area contributed by atoms with E-state index in [4.69, 9.17) is 11.6 Å². The molecule has 2 aromatic rings. The monoisotopic (exact) mass is 303 g/mol. The highest BCUT2D eigenvalue weighted by Gasteiger charge is 2.07. The van der Waals surface area contributed by atoms with Crippen LogP contribution in [0, 0.1) is 6.92 Å². The van der Waals surface area contributed by atoms with E-state index in [0.717, 1.165) is 16.9 Å². The van der Waals surface area contributed by atoms with E-state index in [9.17, 15) is 4.79 Å². The van der Waals surface area contributed by atoms with Gasteiger partial charge in [0.1, 0.15) is 0 Å². The standard InChI is InChI=1S/C16H18ClN3O/c1-11-14(17)5-4-6-15(11)19-16(21)18-12-7-9-13(10-8-12)20(2)3/h4-10H,1-3H3,(H2,18,19,21). The molecule has 110 valence electrons. The maximum Gasteiger partial charge on any atom is 0.323 e. The minimum atomic E-state index is -0.294. The molecule has 2 aromatic carbocycles. The van der Waals surface area contributed by atoms with E-state index in [1.807, 2.05) is 56.3 Å². The van der Waals surface area contributed by atoms with Crippen LogP contribution >= 0.6 is 11.6 Å². The molecule has 0 unspecified atom stereocenters. The lowest BCUT2D eigenvalue weighted by molar-refractivity contribution is 0.262. The largest absolute Gasteiger partial charge is 0.378 e. The minimum Gasteiger partial charge on any atom is -0.378 e. The van der Waals surface area contributed by atoms with Gasteiger partial charge in [-0.2, -0.15) is 0 Å². The number of urea groups is 1. The fourth-order valence-corrected chi connectivity index (χ4v) is 2.04. The zero-order valence-electron chi connectivity index (χ0n) is 12.3. The first kappa shape index (κ1) is 15.2. The number of anilines is 3. The summed E-state index contributed by atoms with van der Waals surface area (Å²) in [5, 5.41) is 6.21. The Kier molecular flexibility index (Phi) is 4.70. The zero-order valence-corrected chi connectivity index (χ0v) is 13.0. The molecule has 0 atom stereocenters. The summed E-state index contributed by atoms with van der Waals surface area (Å²) in [4.78, 5) is 14.0. The van der Waals surface area contributed by atoms with Crippen LogP contribution in [0.2, 0.25) is 5.02 Å². The van der Waals surface area contributed by atoms with E-state index in [1.165, 1.54) is 0 Å². The maximum atomic E-state index is 12.0. The van der Waals surface area contributed by atoms with Crippen molar-refractivity contribution in [1.29, 1.82) is 0 Å². The van der Waals surface area contributed by atoms with Gasteiger partial charge in [-0.15, -0.1) is 0 Å². The van der Waals surface area contributed by atoms with E-state index < -0.39 is 0 Å². The van der Waals surface area contributed by atoms with Gasteiger partial charge in [-0.1, -0.05) is 17.7 Å². The van der Waals surface area contributed by atoms with Crippen LogP contribution in [-0.2, 0) is 0 Å². The first-order chi connectivity index (χ1) is 9.97. The number of nitrogens with zero attached hydrogens (tertiary/aromatic N) is 1. The van der Waals surface area contributed by atoms with Gasteiger partial charge in [0.2, 0.25) is 0 Å². The second-order valence-corrected chi connectivity index (χ2v) is 5.34. The number of carbonyl (C=O) groups is 1. The molecule has 0 aliphatic heterocycles. The van der Waals surface area contributed by atoms with Gasteiger partial charge in [0.25, 0.3) is 0 Å². The molecule has 0 aliphatic carbocycles. The van der Waals surface area contributed by atoms with E-state index >= 15 is 0 Å². The van der Waals surface area contributed by atoms with Gasteiger partial charge in [-0.25, -0.2) is 4.79 Å². The molecule has 0 aromatic heterocycles. The molecular formula is C16H18ClN3O. The van der Waals surface area contributed by atoms with Crippen LogP contribution in [0.5, 0.6) is 0 Å². The molecule has 0 aliphatic rings. The van der Waals surface area contributed by atoms with Crippen molar-refractivity contribution >= 4 is 34.7 Å². The fourth-order valence-electron chi connectivity index (χ4n) is 1.87. The third-order valence-corrected chi connectivity index (χ3v) is 3.57. The van der Waals surface area contributed by atoms with Gasteiger partial charge >= 0.3 is 6.03 Å². The molecule has 0 heterocycles. The van der Waals surface area contributed by atoms with Crippen LogP contribution in [0.1, 0.15) is 5.56 Å². The minimum absolute atomic E-state index is 0.294. The number of amides is 2. The van der Waals surface area contributed by atoms with Crippen molar-refractivity contribution in [1.82, 2.24) is 0 Å². The van der Waals surface area contributed by atoms with Crippen LogP contribution < -0.4 is 15.5 Å². The summed E-state index contributed by atoms with van der Waals surface area (Å²) in [7, 11) is 3.94. The van der Waals surface area contributed by atoms with Gasteiger partial charge in [0.15, 0.2) is 0 Å². The number of carbonyl (C=O) groups excluding carboxylic acids is 1. The molecule has 4 nitrogen and oxygen atoms in total. The third-order valence-electron chi connectivity index (χ3n) is 3.16. The Hall–Kier alpha value is -2.20. The topological polar surface area (TPSA) is 44.4 Å². The van der Waals surface area contributed by atoms with Gasteiger partial charge in [0.05, 0.1) is 0 Å². The first-order valence-corrected chi connectivity index (χ1v) is 6.95. The molecule has 0 bridgehead atoms. The normalized spacial score (nSPS) is 10.1. The lowest BCUT2D eigenvalue weighted by Crippen LogP contribution is -2.20. The van der Waals surface area contributed by atoms with E-state index in [2.05, 4.69) is 10.6 Å². The Morgan fingerprint density at radius 2 is 1.71 bits per heavy atom. The molecule has 0 fully saturated rings. The smallest absolute Gasteiger partial charge is 0.323 e. The molecule has 0 saturated carbocycles. The number of hydrogen-bond acceptors (Lipinski definition) is 2. The maximum absolute atomic E-state index is 12.0. The Balaban J connectivity index is 2.03. The molecule has 2 amide bonds. The SMILES string of the molecule is Cc1c(Cl)cccc1NC(=O)Nc1ccc(N(C)C)cc1.